The molecule has 0 aliphatic carbocycles. The molecule has 0 aromatic heterocycles. The molecule has 0 saturated carbocycles. The lowest BCUT2D eigenvalue weighted by molar-refractivity contribution is -0.130. The monoisotopic (exact) mass is 340 g/mol. The van der Waals surface area contributed by atoms with Gasteiger partial charge in [-0.15, -0.1) is 0 Å². The Kier molecular flexibility index (Phi) is 5.18. The van der Waals surface area contributed by atoms with E-state index in [2.05, 4.69) is 10.6 Å². The molecule has 1 heterocycles. The Morgan fingerprint density at radius 3 is 2.92 bits per heavy atom. The van der Waals surface area contributed by atoms with Gasteiger partial charge in [-0.3, -0.25) is 9.59 Å². The van der Waals surface area contributed by atoms with Gasteiger partial charge in [-0.1, -0.05) is 24.3 Å². The summed E-state index contributed by atoms with van der Waals surface area (Å²) in [6, 6.07) is 14.8. The van der Waals surface area contributed by atoms with Crippen LogP contribution in [-0.2, 0) is 9.59 Å². The highest BCUT2D eigenvalue weighted by Crippen LogP contribution is 2.29. The van der Waals surface area contributed by atoms with E-state index in [-0.39, 0.29) is 18.2 Å². The lowest BCUT2D eigenvalue weighted by Gasteiger charge is -2.25. The van der Waals surface area contributed by atoms with Crippen molar-refractivity contribution >= 4 is 17.5 Å². The molecule has 6 nitrogen and oxygen atoms in total. The van der Waals surface area contributed by atoms with Gasteiger partial charge in [0, 0.05) is 0 Å². The highest BCUT2D eigenvalue weighted by molar-refractivity contribution is 5.99. The van der Waals surface area contributed by atoms with Crippen molar-refractivity contribution in [2.75, 3.05) is 18.5 Å². The number of fused-ring (bicyclic) bond motifs is 1. The number of hydrogen-bond acceptors (Lipinski definition) is 4. The normalized spacial score (nSPS) is 15.6. The number of carbonyl (C=O) groups is 2. The SMILES string of the molecule is Cc1cccc(OCCNC(=O)C[C@@H]2Oc3ccccc3NC2=O)c1. The van der Waals surface area contributed by atoms with Crippen molar-refractivity contribution in [3.63, 3.8) is 0 Å². The van der Waals surface area contributed by atoms with Crippen molar-refractivity contribution < 1.29 is 19.1 Å². The van der Waals surface area contributed by atoms with E-state index in [1.807, 2.05) is 43.3 Å². The summed E-state index contributed by atoms with van der Waals surface area (Å²) in [5, 5.41) is 5.48. The van der Waals surface area contributed by atoms with Gasteiger partial charge in [-0.05, 0) is 36.8 Å². The van der Waals surface area contributed by atoms with Gasteiger partial charge in [0.2, 0.25) is 5.91 Å². The predicted octanol–water partition coefficient (Wildman–Crippen LogP) is 2.28. The van der Waals surface area contributed by atoms with Gasteiger partial charge in [0.1, 0.15) is 18.1 Å². The van der Waals surface area contributed by atoms with Crippen LogP contribution in [-0.4, -0.2) is 31.1 Å². The van der Waals surface area contributed by atoms with E-state index in [9.17, 15) is 9.59 Å². The first-order chi connectivity index (χ1) is 12.1. The second-order valence-corrected chi connectivity index (χ2v) is 5.81. The molecule has 6 heteroatoms. The molecule has 25 heavy (non-hydrogen) atoms. The largest absolute Gasteiger partial charge is 0.492 e. The molecular formula is C19H20N2O4. The van der Waals surface area contributed by atoms with Crippen LogP contribution in [0.25, 0.3) is 0 Å². The zero-order chi connectivity index (χ0) is 17.6. The molecule has 2 aromatic carbocycles. The lowest BCUT2D eigenvalue weighted by atomic mass is 10.1. The van der Waals surface area contributed by atoms with Crippen molar-refractivity contribution in [1.82, 2.24) is 5.32 Å². The highest BCUT2D eigenvalue weighted by atomic mass is 16.5. The average Bonchev–Trinajstić information content (AvgIpc) is 2.59. The zero-order valence-electron chi connectivity index (χ0n) is 14.0. The Morgan fingerprint density at radius 1 is 1.24 bits per heavy atom. The molecule has 1 aliphatic rings. The third kappa shape index (κ3) is 4.50. The first-order valence-corrected chi connectivity index (χ1v) is 8.14. The van der Waals surface area contributed by atoms with Gasteiger partial charge >= 0.3 is 0 Å². The number of benzene rings is 2. The molecular weight excluding hydrogens is 320 g/mol. The minimum Gasteiger partial charge on any atom is -0.492 e. The number of hydrogen-bond donors (Lipinski definition) is 2. The zero-order valence-corrected chi connectivity index (χ0v) is 14.0. The fourth-order valence-corrected chi connectivity index (χ4v) is 2.53. The van der Waals surface area contributed by atoms with Gasteiger partial charge in [0.25, 0.3) is 5.91 Å². The molecule has 2 N–H and O–H groups in total. The van der Waals surface area contributed by atoms with Crippen LogP contribution in [0.3, 0.4) is 0 Å². The van der Waals surface area contributed by atoms with E-state index in [1.54, 1.807) is 12.1 Å². The van der Waals surface area contributed by atoms with Crippen LogP contribution >= 0.6 is 0 Å². The maximum atomic E-state index is 12.0. The number of amides is 2. The predicted molar refractivity (Wildman–Crippen MR) is 93.8 cm³/mol. The van der Waals surface area contributed by atoms with Crippen molar-refractivity contribution in [1.29, 1.82) is 0 Å². The number of aryl methyl sites for hydroxylation is 1. The van der Waals surface area contributed by atoms with Crippen molar-refractivity contribution in [3.8, 4) is 11.5 Å². The van der Waals surface area contributed by atoms with Gasteiger partial charge in [0.15, 0.2) is 6.10 Å². The second kappa shape index (κ2) is 7.70. The first-order valence-electron chi connectivity index (χ1n) is 8.14. The molecule has 0 saturated heterocycles. The van der Waals surface area contributed by atoms with E-state index in [4.69, 9.17) is 9.47 Å². The molecule has 0 bridgehead atoms. The van der Waals surface area contributed by atoms with Gasteiger partial charge < -0.3 is 20.1 Å². The number of rotatable bonds is 6. The molecule has 0 unspecified atom stereocenters. The Morgan fingerprint density at radius 2 is 2.08 bits per heavy atom. The Labute approximate surface area is 146 Å². The van der Waals surface area contributed by atoms with Crippen LogP contribution in [0.15, 0.2) is 48.5 Å². The van der Waals surface area contributed by atoms with Crippen molar-refractivity contribution in [2.24, 2.45) is 0 Å². The average molecular weight is 340 g/mol. The molecule has 3 rings (SSSR count). The molecule has 0 radical (unpaired) electrons. The summed E-state index contributed by atoms with van der Waals surface area (Å²) in [6.45, 7) is 2.70. The standard InChI is InChI=1S/C19H20N2O4/c1-13-5-4-6-14(11-13)24-10-9-20-18(22)12-17-19(23)21-15-7-2-3-8-16(15)25-17/h2-8,11,17H,9-10,12H2,1H3,(H,20,22)(H,21,23)/t17-/m0/s1. The Hall–Kier alpha value is -3.02. The van der Waals surface area contributed by atoms with Crippen molar-refractivity contribution in [3.05, 3.63) is 54.1 Å². The maximum absolute atomic E-state index is 12.0. The fourth-order valence-electron chi connectivity index (χ4n) is 2.53. The summed E-state index contributed by atoms with van der Waals surface area (Å²) in [4.78, 5) is 24.0. The number of carbonyl (C=O) groups excluding carboxylic acids is 2. The summed E-state index contributed by atoms with van der Waals surface area (Å²) in [6.07, 6.45) is -0.863. The quantitative estimate of drug-likeness (QED) is 0.791. The number of para-hydroxylation sites is 2. The first kappa shape index (κ1) is 16.8. The summed E-state index contributed by atoms with van der Waals surface area (Å²) in [7, 11) is 0. The maximum Gasteiger partial charge on any atom is 0.266 e. The van der Waals surface area contributed by atoms with E-state index in [0.717, 1.165) is 11.3 Å². The lowest BCUT2D eigenvalue weighted by Crippen LogP contribution is -2.41. The van der Waals surface area contributed by atoms with Crippen LogP contribution in [0.1, 0.15) is 12.0 Å². The number of anilines is 1. The van der Waals surface area contributed by atoms with E-state index in [1.165, 1.54) is 0 Å². The Bertz CT molecular complexity index is 776. The summed E-state index contributed by atoms with van der Waals surface area (Å²) in [5.74, 6) is 0.765. The minimum atomic E-state index is -0.826. The van der Waals surface area contributed by atoms with Gasteiger partial charge in [-0.2, -0.15) is 0 Å². The van der Waals surface area contributed by atoms with Crippen LogP contribution in [0.2, 0.25) is 0 Å². The minimum absolute atomic E-state index is 0.0371. The summed E-state index contributed by atoms with van der Waals surface area (Å²) >= 11 is 0. The number of nitrogens with one attached hydrogen (secondary N) is 2. The molecule has 2 aromatic rings. The Balaban J connectivity index is 1.43. The number of ether oxygens (including phenoxy) is 2. The highest BCUT2D eigenvalue weighted by Gasteiger charge is 2.29. The molecule has 1 atom stereocenters. The van der Waals surface area contributed by atoms with Gasteiger partial charge in [0.05, 0.1) is 18.7 Å². The second-order valence-electron chi connectivity index (χ2n) is 5.81. The van der Waals surface area contributed by atoms with E-state index < -0.39 is 6.10 Å². The van der Waals surface area contributed by atoms with Crippen LogP contribution in [0, 0.1) is 6.92 Å². The molecule has 1 aliphatic heterocycles. The van der Waals surface area contributed by atoms with Crippen LogP contribution < -0.4 is 20.1 Å². The summed E-state index contributed by atoms with van der Waals surface area (Å²) in [5.41, 5.74) is 1.73. The molecule has 0 fully saturated rings. The van der Waals surface area contributed by atoms with Crippen LogP contribution in [0.4, 0.5) is 5.69 Å². The third-order valence-corrected chi connectivity index (χ3v) is 3.76. The van der Waals surface area contributed by atoms with Crippen molar-refractivity contribution in [2.45, 2.75) is 19.4 Å². The summed E-state index contributed by atoms with van der Waals surface area (Å²) < 4.78 is 11.2. The third-order valence-electron chi connectivity index (χ3n) is 3.76. The van der Waals surface area contributed by atoms with Gasteiger partial charge in [-0.25, -0.2) is 0 Å². The van der Waals surface area contributed by atoms with E-state index in [0.29, 0.717) is 24.6 Å². The topological polar surface area (TPSA) is 76.7 Å². The molecule has 130 valence electrons. The fraction of sp³-hybridized carbons (Fsp3) is 0.263. The molecule has 2 amide bonds. The molecule has 0 spiro atoms. The van der Waals surface area contributed by atoms with E-state index >= 15 is 0 Å². The smallest absolute Gasteiger partial charge is 0.266 e. The van der Waals surface area contributed by atoms with Crippen LogP contribution in [0.5, 0.6) is 11.5 Å².